The first-order chi connectivity index (χ1) is 16.1. The molecule has 0 N–H and O–H groups in total. The van der Waals surface area contributed by atoms with E-state index < -0.39 is 0 Å². The molecule has 1 saturated heterocycles. The minimum absolute atomic E-state index is 0.165. The third-order valence-electron chi connectivity index (χ3n) is 6.24. The van der Waals surface area contributed by atoms with Crippen molar-refractivity contribution in [2.45, 2.75) is 32.7 Å². The molecule has 1 fully saturated rings. The van der Waals surface area contributed by atoms with Crippen molar-refractivity contribution in [1.29, 1.82) is 0 Å². The van der Waals surface area contributed by atoms with Crippen molar-refractivity contribution in [1.82, 2.24) is 9.80 Å². The summed E-state index contributed by atoms with van der Waals surface area (Å²) in [6.45, 7) is 6.28. The summed E-state index contributed by atoms with van der Waals surface area (Å²) in [4.78, 5) is 19.2. The topological polar surface area (TPSA) is 32.8 Å². The number of aryl methyl sites for hydroxylation is 1. The molecule has 4 nitrogen and oxygen atoms in total. The van der Waals surface area contributed by atoms with Gasteiger partial charge in [0.15, 0.2) is 0 Å². The van der Waals surface area contributed by atoms with Crippen LogP contribution in [0.15, 0.2) is 66.7 Å². The summed E-state index contributed by atoms with van der Waals surface area (Å²) < 4.78 is 6.10. The van der Waals surface area contributed by atoms with Gasteiger partial charge in [-0.3, -0.25) is 4.79 Å². The predicted octanol–water partition coefficient (Wildman–Crippen LogP) is 5.66. The van der Waals surface area contributed by atoms with E-state index in [9.17, 15) is 4.79 Å². The molecule has 3 aromatic rings. The first-order valence-electron chi connectivity index (χ1n) is 11.9. The van der Waals surface area contributed by atoms with Crippen molar-refractivity contribution in [2.75, 3.05) is 33.3 Å². The summed E-state index contributed by atoms with van der Waals surface area (Å²) in [7, 11) is 2.17. The number of hydrogen-bond donors (Lipinski definition) is 0. The third-order valence-corrected chi connectivity index (χ3v) is 7.23. The number of carbonyl (C=O) groups is 1. The van der Waals surface area contributed by atoms with E-state index in [0.29, 0.717) is 12.5 Å². The largest absolute Gasteiger partial charge is 0.493 e. The zero-order valence-electron chi connectivity index (χ0n) is 19.7. The highest BCUT2D eigenvalue weighted by atomic mass is 32.1. The lowest BCUT2D eigenvalue weighted by molar-refractivity contribution is 0.0638. The van der Waals surface area contributed by atoms with Crippen molar-refractivity contribution < 1.29 is 9.53 Å². The molecule has 33 heavy (non-hydrogen) atoms. The number of piperidine rings is 1. The summed E-state index contributed by atoms with van der Waals surface area (Å²) >= 11 is 1.58. The highest BCUT2D eigenvalue weighted by Gasteiger charge is 2.25. The highest BCUT2D eigenvalue weighted by molar-refractivity contribution is 7.13. The molecule has 0 spiro atoms. The maximum atomic E-state index is 12.8. The average Bonchev–Trinajstić information content (AvgIpc) is 3.29. The SMILES string of the molecule is Cc1ccc(C(=O)N2CCC[C@@H](COc3ccc(CN(C)CCc4ccccc4)cc3)C2)s1. The number of likely N-dealkylation sites (N-methyl/N-ethyl adjacent to an activating group) is 1. The maximum Gasteiger partial charge on any atom is 0.263 e. The van der Waals surface area contributed by atoms with Crippen LogP contribution < -0.4 is 4.74 Å². The summed E-state index contributed by atoms with van der Waals surface area (Å²) in [5, 5.41) is 0. The Morgan fingerprint density at radius 2 is 1.85 bits per heavy atom. The molecule has 0 radical (unpaired) electrons. The molecule has 0 bridgehead atoms. The van der Waals surface area contributed by atoms with Gasteiger partial charge < -0.3 is 14.5 Å². The molecule has 1 atom stereocenters. The van der Waals surface area contributed by atoms with Crippen molar-refractivity contribution in [3.8, 4) is 5.75 Å². The summed E-state index contributed by atoms with van der Waals surface area (Å²) in [6, 6.07) is 23.1. The summed E-state index contributed by atoms with van der Waals surface area (Å²) in [5.41, 5.74) is 2.67. The van der Waals surface area contributed by atoms with E-state index in [2.05, 4.69) is 66.5 Å². The molecule has 2 heterocycles. The van der Waals surface area contributed by atoms with E-state index >= 15 is 0 Å². The molecule has 1 aliphatic rings. The molecule has 174 valence electrons. The number of rotatable bonds is 9. The highest BCUT2D eigenvalue weighted by Crippen LogP contribution is 2.23. The van der Waals surface area contributed by atoms with Crippen LogP contribution in [0.1, 0.15) is 38.5 Å². The number of hydrogen-bond acceptors (Lipinski definition) is 4. The number of thiophene rings is 1. The van der Waals surface area contributed by atoms with Gasteiger partial charge in [0.2, 0.25) is 0 Å². The second-order valence-corrected chi connectivity index (χ2v) is 10.4. The minimum atomic E-state index is 0.165. The molecular formula is C28H34N2O2S. The fraction of sp³-hybridized carbons (Fsp3) is 0.393. The van der Waals surface area contributed by atoms with Crippen LogP contribution in [-0.2, 0) is 13.0 Å². The molecule has 5 heteroatoms. The van der Waals surface area contributed by atoms with Crippen LogP contribution in [0.2, 0.25) is 0 Å². The van der Waals surface area contributed by atoms with Gasteiger partial charge in [0.25, 0.3) is 5.91 Å². The van der Waals surface area contributed by atoms with Gasteiger partial charge in [-0.05, 0) is 68.6 Å². The Balaban J connectivity index is 1.21. The van der Waals surface area contributed by atoms with Crippen LogP contribution in [0.5, 0.6) is 5.75 Å². The fourth-order valence-electron chi connectivity index (χ4n) is 4.35. The van der Waals surface area contributed by atoms with Gasteiger partial charge in [0, 0.05) is 37.0 Å². The Labute approximate surface area is 201 Å². The number of amides is 1. The molecule has 4 rings (SSSR count). The van der Waals surface area contributed by atoms with Gasteiger partial charge in [-0.2, -0.15) is 0 Å². The van der Waals surface area contributed by atoms with E-state index in [-0.39, 0.29) is 5.91 Å². The Morgan fingerprint density at radius 1 is 1.06 bits per heavy atom. The van der Waals surface area contributed by atoms with Crippen molar-refractivity contribution in [2.24, 2.45) is 5.92 Å². The number of likely N-dealkylation sites (tertiary alicyclic amines) is 1. The van der Waals surface area contributed by atoms with Gasteiger partial charge in [-0.15, -0.1) is 11.3 Å². The number of ether oxygens (including phenoxy) is 1. The smallest absolute Gasteiger partial charge is 0.263 e. The number of carbonyl (C=O) groups excluding carboxylic acids is 1. The van der Waals surface area contributed by atoms with Crippen molar-refractivity contribution in [3.63, 3.8) is 0 Å². The Kier molecular flexibility index (Phi) is 8.19. The third kappa shape index (κ3) is 6.92. The molecule has 2 aromatic carbocycles. The predicted molar refractivity (Wildman–Crippen MR) is 136 cm³/mol. The van der Waals surface area contributed by atoms with Gasteiger partial charge >= 0.3 is 0 Å². The van der Waals surface area contributed by atoms with Gasteiger partial charge in [0.1, 0.15) is 5.75 Å². The van der Waals surface area contributed by atoms with Crippen molar-refractivity contribution >= 4 is 17.2 Å². The fourth-order valence-corrected chi connectivity index (χ4v) is 5.19. The normalized spacial score (nSPS) is 16.2. The molecule has 1 aromatic heterocycles. The molecule has 1 aliphatic heterocycles. The van der Waals surface area contributed by atoms with Crippen LogP contribution in [0.3, 0.4) is 0 Å². The average molecular weight is 463 g/mol. The second-order valence-electron chi connectivity index (χ2n) is 9.10. The van der Waals surface area contributed by atoms with E-state index in [1.807, 2.05) is 24.0 Å². The zero-order chi connectivity index (χ0) is 23.0. The van der Waals surface area contributed by atoms with Gasteiger partial charge in [-0.25, -0.2) is 0 Å². The number of nitrogens with zero attached hydrogens (tertiary/aromatic N) is 2. The van der Waals surface area contributed by atoms with E-state index in [0.717, 1.165) is 56.1 Å². The van der Waals surface area contributed by atoms with Crippen LogP contribution in [0, 0.1) is 12.8 Å². The van der Waals surface area contributed by atoms with Crippen molar-refractivity contribution in [3.05, 3.63) is 87.6 Å². The Morgan fingerprint density at radius 3 is 2.58 bits per heavy atom. The lowest BCUT2D eigenvalue weighted by atomic mass is 9.99. The van der Waals surface area contributed by atoms with Gasteiger partial charge in [0.05, 0.1) is 11.5 Å². The molecule has 0 saturated carbocycles. The van der Waals surface area contributed by atoms with E-state index in [4.69, 9.17) is 4.74 Å². The molecular weight excluding hydrogens is 428 g/mol. The molecule has 0 aliphatic carbocycles. The lowest BCUT2D eigenvalue weighted by Crippen LogP contribution is -2.41. The Bertz CT molecular complexity index is 1020. The molecule has 0 unspecified atom stereocenters. The summed E-state index contributed by atoms with van der Waals surface area (Å²) in [5.74, 6) is 1.45. The van der Waals surface area contributed by atoms with E-state index in [1.54, 1.807) is 11.3 Å². The minimum Gasteiger partial charge on any atom is -0.493 e. The monoisotopic (exact) mass is 462 g/mol. The Hall–Kier alpha value is -2.63. The standard InChI is InChI=1S/C28H34N2O2S/c1-22-10-15-27(33-22)28(31)30-17-6-9-25(20-30)21-32-26-13-11-24(12-14-26)19-29(2)18-16-23-7-4-3-5-8-23/h3-5,7-8,10-15,25H,6,9,16-21H2,1-2H3/t25-/m1/s1. The lowest BCUT2D eigenvalue weighted by Gasteiger charge is -2.32. The zero-order valence-corrected chi connectivity index (χ0v) is 20.5. The quantitative estimate of drug-likeness (QED) is 0.411. The summed E-state index contributed by atoms with van der Waals surface area (Å²) in [6.07, 6.45) is 3.21. The van der Waals surface area contributed by atoms with Crippen LogP contribution in [0.25, 0.3) is 0 Å². The molecule has 1 amide bonds. The maximum absolute atomic E-state index is 12.8. The first-order valence-corrected chi connectivity index (χ1v) is 12.7. The van der Waals surface area contributed by atoms with Crippen LogP contribution >= 0.6 is 11.3 Å². The number of benzene rings is 2. The van der Waals surface area contributed by atoms with E-state index in [1.165, 1.54) is 16.0 Å². The first kappa shape index (κ1) is 23.5. The second kappa shape index (κ2) is 11.5. The van der Waals surface area contributed by atoms with Gasteiger partial charge in [-0.1, -0.05) is 42.5 Å². The van der Waals surface area contributed by atoms with Crippen LogP contribution in [0.4, 0.5) is 0 Å². The van der Waals surface area contributed by atoms with Crippen LogP contribution in [-0.4, -0.2) is 49.0 Å².